The van der Waals surface area contributed by atoms with Crippen molar-refractivity contribution in [1.29, 1.82) is 0 Å². The van der Waals surface area contributed by atoms with Crippen LogP contribution in [0.5, 0.6) is 0 Å². The predicted molar refractivity (Wildman–Crippen MR) is 73.2 cm³/mol. The number of hydrogen-bond donors (Lipinski definition) is 1. The maximum absolute atomic E-state index is 4.13. The molecule has 3 rings (SSSR count). The molecule has 1 aromatic heterocycles. The van der Waals surface area contributed by atoms with E-state index < -0.39 is 0 Å². The summed E-state index contributed by atoms with van der Waals surface area (Å²) in [5, 5.41) is 3.50. The fourth-order valence-electron chi connectivity index (χ4n) is 2.33. The number of aromatic nitrogens is 1. The van der Waals surface area contributed by atoms with Crippen LogP contribution in [-0.2, 0) is 13.1 Å². The maximum atomic E-state index is 4.13. The van der Waals surface area contributed by atoms with E-state index in [0.29, 0.717) is 0 Å². The zero-order valence-corrected chi connectivity index (χ0v) is 10.5. The third kappa shape index (κ3) is 2.77. The van der Waals surface area contributed by atoms with Crippen LogP contribution in [0, 0.1) is 0 Å². The summed E-state index contributed by atoms with van der Waals surface area (Å²) in [4.78, 5) is 4.13. The van der Waals surface area contributed by atoms with Crippen LogP contribution < -0.4 is 5.32 Å². The van der Waals surface area contributed by atoms with E-state index in [-0.39, 0.29) is 0 Å². The van der Waals surface area contributed by atoms with Crippen molar-refractivity contribution in [2.75, 3.05) is 0 Å². The highest BCUT2D eigenvalue weighted by Gasteiger charge is 2.25. The molecule has 1 aromatic carbocycles. The van der Waals surface area contributed by atoms with Crippen molar-refractivity contribution >= 4 is 0 Å². The largest absolute Gasteiger partial charge is 0.309 e. The van der Waals surface area contributed by atoms with Crippen molar-refractivity contribution in [3.8, 4) is 0 Å². The number of rotatable bonds is 5. The van der Waals surface area contributed by atoms with E-state index in [0.717, 1.165) is 19.0 Å². The lowest BCUT2D eigenvalue weighted by Crippen LogP contribution is -2.13. The Morgan fingerprint density at radius 2 is 1.94 bits per heavy atom. The summed E-state index contributed by atoms with van der Waals surface area (Å²) in [5.41, 5.74) is 4.22. The fourth-order valence-corrected chi connectivity index (χ4v) is 2.33. The predicted octanol–water partition coefficient (Wildman–Crippen LogP) is 3.25. The number of pyridine rings is 1. The molecule has 0 spiro atoms. The number of benzene rings is 1. The van der Waals surface area contributed by atoms with Gasteiger partial charge >= 0.3 is 0 Å². The lowest BCUT2D eigenvalue weighted by Gasteiger charge is -2.09. The normalized spacial score (nSPS) is 14.7. The van der Waals surface area contributed by atoms with E-state index in [1.165, 1.54) is 29.5 Å². The number of hydrogen-bond acceptors (Lipinski definition) is 2. The topological polar surface area (TPSA) is 24.9 Å². The molecule has 1 N–H and O–H groups in total. The molecular weight excluding hydrogens is 220 g/mol. The summed E-state index contributed by atoms with van der Waals surface area (Å²) >= 11 is 0. The van der Waals surface area contributed by atoms with Crippen molar-refractivity contribution in [2.45, 2.75) is 31.8 Å². The third-order valence-corrected chi connectivity index (χ3v) is 3.44. The van der Waals surface area contributed by atoms with Crippen molar-refractivity contribution in [3.05, 3.63) is 65.5 Å². The first-order valence-corrected chi connectivity index (χ1v) is 6.61. The van der Waals surface area contributed by atoms with Crippen LogP contribution in [0.15, 0.2) is 48.8 Å². The Balaban J connectivity index is 1.60. The molecule has 1 aliphatic carbocycles. The van der Waals surface area contributed by atoms with Crippen molar-refractivity contribution in [2.24, 2.45) is 0 Å². The van der Waals surface area contributed by atoms with Gasteiger partial charge in [-0.05, 0) is 41.5 Å². The zero-order chi connectivity index (χ0) is 12.2. The van der Waals surface area contributed by atoms with Crippen molar-refractivity contribution in [1.82, 2.24) is 10.3 Å². The van der Waals surface area contributed by atoms with Crippen LogP contribution in [0.2, 0.25) is 0 Å². The van der Waals surface area contributed by atoms with Gasteiger partial charge < -0.3 is 5.32 Å². The second-order valence-electron chi connectivity index (χ2n) is 4.94. The van der Waals surface area contributed by atoms with E-state index in [1.807, 2.05) is 18.5 Å². The summed E-state index contributed by atoms with van der Waals surface area (Å²) < 4.78 is 0. The summed E-state index contributed by atoms with van der Waals surface area (Å²) in [5.74, 6) is 0.821. The van der Waals surface area contributed by atoms with Gasteiger partial charge in [-0.3, -0.25) is 4.98 Å². The molecule has 1 aliphatic rings. The standard InChI is InChI=1S/C16H18N2/c1-2-6-16(14-7-8-14)15(5-1)12-18-11-13-4-3-9-17-10-13/h1-6,9-10,14,18H,7-8,11-12H2. The lowest BCUT2D eigenvalue weighted by molar-refractivity contribution is 0.686. The Labute approximate surface area is 108 Å². The summed E-state index contributed by atoms with van der Waals surface area (Å²) in [6.45, 7) is 1.83. The van der Waals surface area contributed by atoms with Gasteiger partial charge in [0.15, 0.2) is 0 Å². The van der Waals surface area contributed by atoms with Crippen molar-refractivity contribution < 1.29 is 0 Å². The van der Waals surface area contributed by atoms with E-state index >= 15 is 0 Å². The van der Waals surface area contributed by atoms with Gasteiger partial charge in [-0.15, -0.1) is 0 Å². The monoisotopic (exact) mass is 238 g/mol. The summed E-state index contributed by atoms with van der Waals surface area (Å²) in [6.07, 6.45) is 6.45. The van der Waals surface area contributed by atoms with Crippen LogP contribution in [0.4, 0.5) is 0 Å². The van der Waals surface area contributed by atoms with E-state index in [4.69, 9.17) is 0 Å². The molecule has 2 nitrogen and oxygen atoms in total. The third-order valence-electron chi connectivity index (χ3n) is 3.44. The van der Waals surface area contributed by atoms with Gasteiger partial charge in [0, 0.05) is 25.5 Å². The van der Waals surface area contributed by atoms with Gasteiger partial charge in [-0.25, -0.2) is 0 Å². The Morgan fingerprint density at radius 1 is 1.06 bits per heavy atom. The first-order valence-electron chi connectivity index (χ1n) is 6.61. The number of nitrogens with one attached hydrogen (secondary N) is 1. The highest BCUT2D eigenvalue weighted by molar-refractivity contribution is 5.33. The molecule has 0 aliphatic heterocycles. The quantitative estimate of drug-likeness (QED) is 0.865. The van der Waals surface area contributed by atoms with Gasteiger partial charge in [-0.2, -0.15) is 0 Å². The smallest absolute Gasteiger partial charge is 0.0312 e. The molecule has 0 bridgehead atoms. The molecule has 0 amide bonds. The minimum absolute atomic E-state index is 0.821. The highest BCUT2D eigenvalue weighted by Crippen LogP contribution is 2.41. The highest BCUT2D eigenvalue weighted by atomic mass is 14.9. The van der Waals surface area contributed by atoms with Crippen LogP contribution in [0.3, 0.4) is 0 Å². The van der Waals surface area contributed by atoms with Gasteiger partial charge in [0.2, 0.25) is 0 Å². The minimum atomic E-state index is 0.821. The van der Waals surface area contributed by atoms with Crippen molar-refractivity contribution in [3.63, 3.8) is 0 Å². The lowest BCUT2D eigenvalue weighted by atomic mass is 10.0. The molecular formula is C16H18N2. The molecule has 1 saturated carbocycles. The van der Waals surface area contributed by atoms with E-state index in [1.54, 1.807) is 0 Å². The Hall–Kier alpha value is -1.67. The van der Waals surface area contributed by atoms with Gasteiger partial charge in [0.1, 0.15) is 0 Å². The molecule has 0 atom stereocenters. The van der Waals surface area contributed by atoms with Crippen LogP contribution in [0.1, 0.15) is 35.4 Å². The number of nitrogens with zero attached hydrogens (tertiary/aromatic N) is 1. The molecule has 92 valence electrons. The van der Waals surface area contributed by atoms with E-state index in [9.17, 15) is 0 Å². The molecule has 0 radical (unpaired) electrons. The Kier molecular flexibility index (Phi) is 3.37. The average molecular weight is 238 g/mol. The first-order chi connectivity index (χ1) is 8.93. The zero-order valence-electron chi connectivity index (χ0n) is 10.5. The summed E-state index contributed by atoms with van der Waals surface area (Å²) in [6, 6.07) is 12.9. The second-order valence-corrected chi connectivity index (χ2v) is 4.94. The van der Waals surface area contributed by atoms with Gasteiger partial charge in [0.25, 0.3) is 0 Å². The van der Waals surface area contributed by atoms with Crippen LogP contribution >= 0.6 is 0 Å². The van der Waals surface area contributed by atoms with Gasteiger partial charge in [0.05, 0.1) is 0 Å². The molecule has 2 heteroatoms. The van der Waals surface area contributed by atoms with Crippen LogP contribution in [0.25, 0.3) is 0 Å². The molecule has 2 aromatic rings. The Bertz CT molecular complexity index is 504. The molecule has 0 saturated heterocycles. The van der Waals surface area contributed by atoms with Gasteiger partial charge in [-0.1, -0.05) is 30.3 Å². The fraction of sp³-hybridized carbons (Fsp3) is 0.312. The first kappa shape index (κ1) is 11.4. The van der Waals surface area contributed by atoms with Crippen LogP contribution in [-0.4, -0.2) is 4.98 Å². The molecule has 1 heterocycles. The minimum Gasteiger partial charge on any atom is -0.309 e. The molecule has 1 fully saturated rings. The molecule has 18 heavy (non-hydrogen) atoms. The van der Waals surface area contributed by atoms with E-state index in [2.05, 4.69) is 40.6 Å². The summed E-state index contributed by atoms with van der Waals surface area (Å²) in [7, 11) is 0. The second kappa shape index (κ2) is 5.32. The SMILES string of the molecule is c1cncc(CNCc2ccccc2C2CC2)c1. The Morgan fingerprint density at radius 3 is 2.72 bits per heavy atom. The molecule has 0 unspecified atom stereocenters. The average Bonchev–Trinajstić information content (AvgIpc) is 3.25. The maximum Gasteiger partial charge on any atom is 0.0312 e.